The van der Waals surface area contributed by atoms with Crippen molar-refractivity contribution in [3.05, 3.63) is 79.9 Å². The maximum Gasteiger partial charge on any atom is 0.288 e. The Kier molecular flexibility index (Phi) is 5.62. The van der Waals surface area contributed by atoms with Crippen LogP contribution < -0.4 is 4.74 Å². The average Bonchev–Trinajstić information content (AvgIpc) is 3.11. The Bertz CT molecular complexity index is 1350. The number of hydrogen-bond acceptors (Lipinski definition) is 6. The van der Waals surface area contributed by atoms with E-state index in [0.717, 1.165) is 4.47 Å². The zero-order valence-corrected chi connectivity index (χ0v) is 18.3. The molecule has 0 atom stereocenters. The predicted octanol–water partition coefficient (Wildman–Crippen LogP) is 5.79. The molecule has 156 valence electrons. The fourth-order valence-corrected chi connectivity index (χ4v) is 3.56. The lowest BCUT2D eigenvalue weighted by Gasteiger charge is -2.06. The fraction of sp³-hybridized carbons (Fsp3) is 0.0476. The van der Waals surface area contributed by atoms with Gasteiger partial charge >= 0.3 is 0 Å². The van der Waals surface area contributed by atoms with Crippen LogP contribution in [0.15, 0.2) is 64.2 Å². The largest absolute Gasteiger partial charge is 0.504 e. The van der Waals surface area contributed by atoms with E-state index in [2.05, 4.69) is 25.9 Å². The molecule has 0 aliphatic carbocycles. The number of fused-ring (bicyclic) bond motifs is 1. The van der Waals surface area contributed by atoms with Crippen LogP contribution in [0.1, 0.15) is 5.56 Å². The first-order chi connectivity index (χ1) is 14.9. The van der Waals surface area contributed by atoms with E-state index in [1.54, 1.807) is 22.6 Å². The molecule has 2 aromatic heterocycles. The van der Waals surface area contributed by atoms with Crippen molar-refractivity contribution >= 4 is 50.9 Å². The highest BCUT2D eigenvalue weighted by Gasteiger charge is 2.16. The standard InChI is InChI=1S/C21H14BrClN4O4/c1-31-18-9-13(3-6-17(18)28)20-21(26-11-14(22)4-7-19(26)25-20)24-10-12-2-5-15(23)16(8-12)27(29)30/h2-11,28H,1H3. The maximum absolute atomic E-state index is 11.2. The van der Waals surface area contributed by atoms with Gasteiger partial charge in [0.1, 0.15) is 16.4 Å². The van der Waals surface area contributed by atoms with Gasteiger partial charge in [-0.25, -0.2) is 9.98 Å². The molecule has 0 aliphatic heterocycles. The number of aliphatic imine (C=N–C) groups is 1. The average molecular weight is 502 g/mol. The molecule has 0 unspecified atom stereocenters. The summed E-state index contributed by atoms with van der Waals surface area (Å²) in [5.74, 6) is 0.817. The maximum atomic E-state index is 11.2. The van der Waals surface area contributed by atoms with Crippen LogP contribution in [0, 0.1) is 10.1 Å². The number of nitrogens with zero attached hydrogens (tertiary/aromatic N) is 4. The Morgan fingerprint density at radius 2 is 2.06 bits per heavy atom. The van der Waals surface area contributed by atoms with Crippen molar-refractivity contribution in [2.24, 2.45) is 4.99 Å². The third-order valence-corrected chi connectivity index (χ3v) is 5.30. The first-order valence-electron chi connectivity index (χ1n) is 8.90. The smallest absolute Gasteiger partial charge is 0.288 e. The zero-order chi connectivity index (χ0) is 22.1. The van der Waals surface area contributed by atoms with Gasteiger partial charge in [0, 0.05) is 28.5 Å². The lowest BCUT2D eigenvalue weighted by atomic mass is 10.1. The number of rotatable bonds is 5. The molecule has 0 bridgehead atoms. The number of phenols is 1. The number of pyridine rings is 1. The minimum absolute atomic E-state index is 0.0104. The number of imidazole rings is 1. The van der Waals surface area contributed by atoms with Gasteiger partial charge in [0.15, 0.2) is 17.3 Å². The number of halogens is 2. The molecule has 2 aromatic carbocycles. The van der Waals surface area contributed by atoms with Gasteiger partial charge in [0.05, 0.1) is 12.0 Å². The van der Waals surface area contributed by atoms with Crippen molar-refractivity contribution in [2.75, 3.05) is 7.11 Å². The minimum Gasteiger partial charge on any atom is -0.504 e. The minimum atomic E-state index is -0.543. The Morgan fingerprint density at radius 3 is 2.81 bits per heavy atom. The first kappa shape index (κ1) is 20.8. The summed E-state index contributed by atoms with van der Waals surface area (Å²) in [4.78, 5) is 19.9. The van der Waals surface area contributed by atoms with Crippen LogP contribution in [0.25, 0.3) is 16.9 Å². The van der Waals surface area contributed by atoms with E-state index < -0.39 is 4.92 Å². The van der Waals surface area contributed by atoms with Gasteiger partial charge in [-0.05, 0) is 57.9 Å². The highest BCUT2D eigenvalue weighted by molar-refractivity contribution is 9.10. The van der Waals surface area contributed by atoms with Gasteiger partial charge < -0.3 is 9.84 Å². The summed E-state index contributed by atoms with van der Waals surface area (Å²) in [7, 11) is 1.46. The van der Waals surface area contributed by atoms with Crippen molar-refractivity contribution in [2.45, 2.75) is 0 Å². The Morgan fingerprint density at radius 1 is 1.26 bits per heavy atom. The summed E-state index contributed by atoms with van der Waals surface area (Å²) < 4.78 is 7.83. The summed E-state index contributed by atoms with van der Waals surface area (Å²) >= 11 is 9.35. The molecule has 2 heterocycles. The number of methoxy groups -OCH3 is 1. The molecule has 0 saturated carbocycles. The van der Waals surface area contributed by atoms with Crippen LogP contribution in [0.2, 0.25) is 5.02 Å². The first-order valence-corrected chi connectivity index (χ1v) is 10.1. The molecule has 4 aromatic rings. The molecular formula is C21H14BrClN4O4. The quantitative estimate of drug-likeness (QED) is 0.212. The topological polar surface area (TPSA) is 102 Å². The summed E-state index contributed by atoms with van der Waals surface area (Å²) in [5, 5.41) is 21.1. The molecule has 31 heavy (non-hydrogen) atoms. The Hall–Kier alpha value is -3.43. The Labute approximate surface area is 189 Å². The summed E-state index contributed by atoms with van der Waals surface area (Å²) in [6.07, 6.45) is 3.33. The van der Waals surface area contributed by atoms with Crippen molar-refractivity contribution in [3.8, 4) is 22.8 Å². The van der Waals surface area contributed by atoms with Gasteiger partial charge in [0.2, 0.25) is 0 Å². The number of aromatic hydroxyl groups is 1. The van der Waals surface area contributed by atoms with Crippen LogP contribution in [0.4, 0.5) is 11.5 Å². The van der Waals surface area contributed by atoms with Gasteiger partial charge in [-0.3, -0.25) is 14.5 Å². The van der Waals surface area contributed by atoms with Crippen LogP contribution in [-0.4, -0.2) is 32.7 Å². The van der Waals surface area contributed by atoms with E-state index in [0.29, 0.717) is 34.0 Å². The Balaban J connectivity index is 1.88. The van der Waals surface area contributed by atoms with Crippen LogP contribution in [0.3, 0.4) is 0 Å². The van der Waals surface area contributed by atoms with Gasteiger partial charge in [-0.1, -0.05) is 17.7 Å². The molecular weight excluding hydrogens is 488 g/mol. The molecule has 0 radical (unpaired) electrons. The van der Waals surface area contributed by atoms with E-state index in [1.807, 2.05) is 18.3 Å². The number of hydrogen-bond donors (Lipinski definition) is 1. The lowest BCUT2D eigenvalue weighted by molar-refractivity contribution is -0.384. The number of benzene rings is 2. The van der Waals surface area contributed by atoms with E-state index in [1.165, 1.54) is 31.5 Å². The van der Waals surface area contributed by atoms with Crippen molar-refractivity contribution < 1.29 is 14.8 Å². The molecule has 0 fully saturated rings. The highest BCUT2D eigenvalue weighted by atomic mass is 79.9. The molecule has 1 N–H and O–H groups in total. The summed E-state index contributed by atoms with van der Waals surface area (Å²) in [6.45, 7) is 0. The normalized spacial score (nSPS) is 11.3. The molecule has 8 nitrogen and oxygen atoms in total. The van der Waals surface area contributed by atoms with Crippen LogP contribution >= 0.6 is 27.5 Å². The molecule has 0 saturated heterocycles. The SMILES string of the molecule is COc1cc(-c2nc3ccc(Br)cn3c2N=Cc2ccc(Cl)c([N+](=O)[O-])c2)ccc1O. The number of aromatic nitrogens is 2. The molecule has 0 amide bonds. The third kappa shape index (κ3) is 4.10. The second kappa shape index (κ2) is 8.37. The molecule has 0 aliphatic rings. The third-order valence-electron chi connectivity index (χ3n) is 4.51. The molecule has 4 rings (SSSR count). The van der Waals surface area contributed by atoms with E-state index in [9.17, 15) is 15.2 Å². The fourth-order valence-electron chi connectivity index (χ4n) is 3.03. The van der Waals surface area contributed by atoms with E-state index in [4.69, 9.17) is 16.3 Å². The number of nitro groups is 1. The lowest BCUT2D eigenvalue weighted by Crippen LogP contribution is -1.92. The van der Waals surface area contributed by atoms with Crippen molar-refractivity contribution in [1.29, 1.82) is 0 Å². The van der Waals surface area contributed by atoms with Crippen molar-refractivity contribution in [1.82, 2.24) is 9.38 Å². The number of phenolic OH excluding ortho intramolecular Hbond substituents is 1. The summed E-state index contributed by atoms with van der Waals surface area (Å²) in [5.41, 5.74) is 2.20. The number of ether oxygens (including phenoxy) is 1. The predicted molar refractivity (Wildman–Crippen MR) is 122 cm³/mol. The van der Waals surface area contributed by atoms with Crippen LogP contribution in [-0.2, 0) is 0 Å². The van der Waals surface area contributed by atoms with Gasteiger partial charge in [0.25, 0.3) is 5.69 Å². The second-order valence-electron chi connectivity index (χ2n) is 6.47. The molecule has 10 heteroatoms. The monoisotopic (exact) mass is 500 g/mol. The number of nitro benzene ring substituents is 1. The van der Waals surface area contributed by atoms with Crippen molar-refractivity contribution in [3.63, 3.8) is 0 Å². The van der Waals surface area contributed by atoms with Gasteiger partial charge in [-0.15, -0.1) is 0 Å². The second-order valence-corrected chi connectivity index (χ2v) is 7.80. The highest BCUT2D eigenvalue weighted by Crippen LogP contribution is 2.36. The summed E-state index contributed by atoms with van der Waals surface area (Å²) in [6, 6.07) is 13.0. The molecule has 0 spiro atoms. The van der Waals surface area contributed by atoms with Gasteiger partial charge in [-0.2, -0.15) is 0 Å². The van der Waals surface area contributed by atoms with Crippen LogP contribution in [0.5, 0.6) is 11.5 Å². The zero-order valence-electron chi connectivity index (χ0n) is 16.0. The van der Waals surface area contributed by atoms with E-state index >= 15 is 0 Å². The van der Waals surface area contributed by atoms with E-state index in [-0.39, 0.29) is 16.5 Å².